The highest BCUT2D eigenvalue weighted by atomic mass is 32.1. The van der Waals surface area contributed by atoms with Gasteiger partial charge in [0.05, 0.1) is 11.4 Å². The van der Waals surface area contributed by atoms with E-state index in [4.69, 9.17) is 4.52 Å². The standard InChI is InChI=1S/C18H19N3O2S/c1-13-6-2-3-7-14(13)8-4-10-16(22)19-12-17-20-18(21-23-17)15-9-5-11-24-15/h2-3,5-7,9,11H,4,8,10,12H2,1H3,(H,19,22). The minimum absolute atomic E-state index is 0.000502. The molecule has 1 aromatic carbocycles. The van der Waals surface area contributed by atoms with Gasteiger partial charge in [0, 0.05) is 6.42 Å². The van der Waals surface area contributed by atoms with Crippen LogP contribution in [0.15, 0.2) is 46.3 Å². The molecule has 3 aromatic rings. The van der Waals surface area contributed by atoms with E-state index in [1.165, 1.54) is 11.1 Å². The van der Waals surface area contributed by atoms with Gasteiger partial charge in [0.1, 0.15) is 0 Å². The average Bonchev–Trinajstić information content (AvgIpc) is 3.26. The summed E-state index contributed by atoms with van der Waals surface area (Å²) < 4.78 is 5.16. The first-order valence-corrected chi connectivity index (χ1v) is 8.78. The summed E-state index contributed by atoms with van der Waals surface area (Å²) >= 11 is 1.55. The van der Waals surface area contributed by atoms with E-state index in [9.17, 15) is 4.79 Å². The van der Waals surface area contributed by atoms with Gasteiger partial charge in [-0.15, -0.1) is 11.3 Å². The highest BCUT2D eigenvalue weighted by Crippen LogP contribution is 2.21. The van der Waals surface area contributed by atoms with Crippen molar-refractivity contribution in [1.82, 2.24) is 15.5 Å². The van der Waals surface area contributed by atoms with Crippen LogP contribution in [0.25, 0.3) is 10.7 Å². The Labute approximate surface area is 144 Å². The SMILES string of the molecule is Cc1ccccc1CCCC(=O)NCc1nc(-c2cccs2)no1. The maximum Gasteiger partial charge on any atom is 0.246 e. The largest absolute Gasteiger partial charge is 0.347 e. The average molecular weight is 341 g/mol. The number of carbonyl (C=O) groups excluding carboxylic acids is 1. The molecule has 24 heavy (non-hydrogen) atoms. The van der Waals surface area contributed by atoms with E-state index in [1.54, 1.807) is 11.3 Å². The quantitative estimate of drug-likeness (QED) is 0.711. The molecule has 0 atom stereocenters. The van der Waals surface area contributed by atoms with E-state index in [2.05, 4.69) is 34.5 Å². The van der Waals surface area contributed by atoms with Crippen molar-refractivity contribution >= 4 is 17.2 Å². The minimum Gasteiger partial charge on any atom is -0.347 e. The van der Waals surface area contributed by atoms with Gasteiger partial charge >= 0.3 is 0 Å². The number of aromatic nitrogens is 2. The molecule has 0 saturated carbocycles. The number of amides is 1. The molecule has 0 unspecified atom stereocenters. The lowest BCUT2D eigenvalue weighted by Gasteiger charge is -2.05. The van der Waals surface area contributed by atoms with Crippen LogP contribution in [0.2, 0.25) is 0 Å². The molecule has 0 radical (unpaired) electrons. The smallest absolute Gasteiger partial charge is 0.246 e. The summed E-state index contributed by atoms with van der Waals surface area (Å²) in [4.78, 5) is 17.2. The van der Waals surface area contributed by atoms with E-state index in [0.29, 0.717) is 18.1 Å². The zero-order chi connectivity index (χ0) is 16.8. The van der Waals surface area contributed by atoms with Crippen molar-refractivity contribution in [2.75, 3.05) is 0 Å². The monoisotopic (exact) mass is 341 g/mol. The highest BCUT2D eigenvalue weighted by molar-refractivity contribution is 7.13. The Balaban J connectivity index is 1.42. The second-order valence-corrected chi connectivity index (χ2v) is 6.49. The summed E-state index contributed by atoms with van der Waals surface area (Å²) in [5, 5.41) is 8.71. The molecule has 124 valence electrons. The molecule has 3 rings (SSSR count). The highest BCUT2D eigenvalue weighted by Gasteiger charge is 2.10. The first kappa shape index (κ1) is 16.4. The maximum atomic E-state index is 11.9. The van der Waals surface area contributed by atoms with Gasteiger partial charge in [-0.3, -0.25) is 4.79 Å². The molecule has 0 spiro atoms. The lowest BCUT2D eigenvalue weighted by Crippen LogP contribution is -2.22. The third-order valence-electron chi connectivity index (χ3n) is 3.76. The normalized spacial score (nSPS) is 10.7. The number of thiophene rings is 1. The van der Waals surface area contributed by atoms with Gasteiger partial charge in [-0.1, -0.05) is 35.5 Å². The van der Waals surface area contributed by atoms with Crippen molar-refractivity contribution in [3.8, 4) is 10.7 Å². The summed E-state index contributed by atoms with van der Waals surface area (Å²) in [5.41, 5.74) is 2.56. The molecule has 1 N–H and O–H groups in total. The summed E-state index contributed by atoms with van der Waals surface area (Å²) in [6, 6.07) is 12.1. The molecule has 0 fully saturated rings. The molecule has 0 bridgehead atoms. The summed E-state index contributed by atoms with van der Waals surface area (Å²) in [6.45, 7) is 2.36. The van der Waals surface area contributed by atoms with Crippen molar-refractivity contribution in [2.24, 2.45) is 0 Å². The predicted octanol–water partition coefficient (Wildman–Crippen LogP) is 3.75. The van der Waals surface area contributed by atoms with Crippen LogP contribution in [0.3, 0.4) is 0 Å². The van der Waals surface area contributed by atoms with Crippen LogP contribution in [0.4, 0.5) is 0 Å². The van der Waals surface area contributed by atoms with Crippen molar-refractivity contribution in [3.63, 3.8) is 0 Å². The van der Waals surface area contributed by atoms with Gasteiger partial charge in [0.25, 0.3) is 0 Å². The number of nitrogens with zero attached hydrogens (tertiary/aromatic N) is 2. The van der Waals surface area contributed by atoms with Crippen LogP contribution in [0.1, 0.15) is 29.9 Å². The van der Waals surface area contributed by atoms with Crippen molar-refractivity contribution < 1.29 is 9.32 Å². The number of rotatable bonds is 7. The van der Waals surface area contributed by atoms with Gasteiger partial charge in [0.15, 0.2) is 0 Å². The molecular formula is C18H19N3O2S. The van der Waals surface area contributed by atoms with Crippen LogP contribution < -0.4 is 5.32 Å². The summed E-state index contributed by atoms with van der Waals surface area (Å²) in [7, 11) is 0. The third kappa shape index (κ3) is 4.29. The number of benzene rings is 1. The Bertz CT molecular complexity index is 796. The van der Waals surface area contributed by atoms with Crippen molar-refractivity contribution in [1.29, 1.82) is 0 Å². The van der Waals surface area contributed by atoms with Crippen molar-refractivity contribution in [3.05, 3.63) is 58.8 Å². The second kappa shape index (κ2) is 7.88. The van der Waals surface area contributed by atoms with Crippen molar-refractivity contribution in [2.45, 2.75) is 32.7 Å². The van der Waals surface area contributed by atoms with E-state index < -0.39 is 0 Å². The molecule has 1 amide bonds. The molecule has 5 nitrogen and oxygen atoms in total. The molecule has 6 heteroatoms. The van der Waals surface area contributed by atoms with Crippen LogP contribution in [0.5, 0.6) is 0 Å². The molecule has 2 aromatic heterocycles. The number of nitrogens with one attached hydrogen (secondary N) is 1. The first-order valence-electron chi connectivity index (χ1n) is 7.90. The van der Waals surface area contributed by atoms with E-state index in [1.807, 2.05) is 29.6 Å². The topological polar surface area (TPSA) is 68.0 Å². The second-order valence-electron chi connectivity index (χ2n) is 5.55. The van der Waals surface area contributed by atoms with Gasteiger partial charge < -0.3 is 9.84 Å². The predicted molar refractivity (Wildman–Crippen MR) is 93.6 cm³/mol. The summed E-state index contributed by atoms with van der Waals surface area (Å²) in [6.07, 6.45) is 2.21. The zero-order valence-corrected chi connectivity index (χ0v) is 14.3. The number of carbonyl (C=O) groups is 1. The van der Waals surface area contributed by atoms with Crippen LogP contribution in [-0.2, 0) is 17.8 Å². The zero-order valence-electron chi connectivity index (χ0n) is 13.5. The van der Waals surface area contributed by atoms with E-state index >= 15 is 0 Å². The van der Waals surface area contributed by atoms with Gasteiger partial charge in [-0.2, -0.15) is 4.98 Å². The van der Waals surface area contributed by atoms with Gasteiger partial charge in [-0.25, -0.2) is 0 Å². The Morgan fingerprint density at radius 1 is 1.25 bits per heavy atom. The lowest BCUT2D eigenvalue weighted by molar-refractivity contribution is -0.121. The maximum absolute atomic E-state index is 11.9. The molecule has 2 heterocycles. The fourth-order valence-electron chi connectivity index (χ4n) is 2.43. The Morgan fingerprint density at radius 2 is 2.12 bits per heavy atom. The lowest BCUT2D eigenvalue weighted by atomic mass is 10.0. The fourth-order valence-corrected chi connectivity index (χ4v) is 3.07. The first-order chi connectivity index (χ1) is 11.7. The molecular weight excluding hydrogens is 322 g/mol. The van der Waals surface area contributed by atoms with Crippen LogP contribution in [0, 0.1) is 6.92 Å². The molecule has 0 aliphatic carbocycles. The Kier molecular flexibility index (Phi) is 5.38. The Hall–Kier alpha value is -2.47. The number of hydrogen-bond acceptors (Lipinski definition) is 5. The van der Waals surface area contributed by atoms with E-state index in [0.717, 1.165) is 17.7 Å². The number of aryl methyl sites for hydroxylation is 2. The fraction of sp³-hybridized carbons (Fsp3) is 0.278. The Morgan fingerprint density at radius 3 is 2.92 bits per heavy atom. The van der Waals surface area contributed by atoms with Crippen LogP contribution >= 0.6 is 11.3 Å². The van der Waals surface area contributed by atoms with E-state index in [-0.39, 0.29) is 12.5 Å². The third-order valence-corrected chi connectivity index (χ3v) is 4.62. The minimum atomic E-state index is -0.000502. The molecule has 0 saturated heterocycles. The van der Waals surface area contributed by atoms with Gasteiger partial charge in [-0.05, 0) is 42.3 Å². The summed E-state index contributed by atoms with van der Waals surface area (Å²) in [5.74, 6) is 0.985. The van der Waals surface area contributed by atoms with Gasteiger partial charge in [0.2, 0.25) is 17.6 Å². The van der Waals surface area contributed by atoms with Crippen LogP contribution in [-0.4, -0.2) is 16.0 Å². The molecule has 0 aliphatic heterocycles. The number of hydrogen-bond donors (Lipinski definition) is 1. The molecule has 0 aliphatic rings.